The molecule has 0 aliphatic carbocycles. The van der Waals surface area contributed by atoms with E-state index in [1.165, 1.54) is 0 Å². The van der Waals surface area contributed by atoms with E-state index in [9.17, 15) is 9.90 Å². The number of carbonyl (C=O) groups excluding carboxylic acids is 1. The molecule has 1 amide bonds. The van der Waals surface area contributed by atoms with Crippen molar-refractivity contribution in [1.29, 1.82) is 0 Å². The minimum atomic E-state index is -0.699. The van der Waals surface area contributed by atoms with Crippen LogP contribution in [0.1, 0.15) is 19.4 Å². The first kappa shape index (κ1) is 14.5. The Balaban J connectivity index is 2.41. The van der Waals surface area contributed by atoms with Crippen molar-refractivity contribution in [3.63, 3.8) is 0 Å². The van der Waals surface area contributed by atoms with E-state index in [1.54, 1.807) is 24.3 Å². The molecule has 0 fully saturated rings. The Kier molecular flexibility index (Phi) is 5.61. The van der Waals surface area contributed by atoms with E-state index in [0.29, 0.717) is 5.75 Å². The van der Waals surface area contributed by atoms with Crippen LogP contribution in [0.15, 0.2) is 24.3 Å². The van der Waals surface area contributed by atoms with Crippen LogP contribution in [0.4, 0.5) is 0 Å². The van der Waals surface area contributed by atoms with Crippen molar-refractivity contribution in [3.05, 3.63) is 29.8 Å². The van der Waals surface area contributed by atoms with E-state index in [1.807, 2.05) is 13.8 Å². The number of hydrogen-bond donors (Lipinski definition) is 3. The van der Waals surface area contributed by atoms with Gasteiger partial charge in [-0.2, -0.15) is 0 Å². The van der Waals surface area contributed by atoms with Crippen LogP contribution in [0.25, 0.3) is 0 Å². The Morgan fingerprint density at radius 3 is 2.50 bits per heavy atom. The molecule has 0 aromatic heterocycles. The van der Waals surface area contributed by atoms with E-state index >= 15 is 0 Å². The number of nitrogens with two attached hydrogens (primary N) is 1. The van der Waals surface area contributed by atoms with Crippen LogP contribution in [0.5, 0.6) is 5.75 Å². The maximum atomic E-state index is 10.7. The van der Waals surface area contributed by atoms with Gasteiger partial charge in [-0.1, -0.05) is 12.1 Å². The molecule has 18 heavy (non-hydrogen) atoms. The summed E-state index contributed by atoms with van der Waals surface area (Å²) in [7, 11) is 0. The largest absolute Gasteiger partial charge is 0.489 e. The lowest BCUT2D eigenvalue weighted by Crippen LogP contribution is -2.38. The third-order valence-corrected chi connectivity index (χ3v) is 2.24. The van der Waals surface area contributed by atoms with Gasteiger partial charge in [0.25, 0.3) is 0 Å². The van der Waals surface area contributed by atoms with Crippen LogP contribution >= 0.6 is 0 Å². The zero-order valence-corrected chi connectivity index (χ0v) is 10.7. The van der Waals surface area contributed by atoms with Gasteiger partial charge in [0.2, 0.25) is 5.91 Å². The molecule has 5 heteroatoms. The highest BCUT2D eigenvalue weighted by atomic mass is 18.1. The van der Waals surface area contributed by atoms with Crippen LogP contribution in [0.2, 0.25) is 0 Å². The number of aliphatic hydroxyl groups is 1. The standard InChI is InChI=1S/C13H20N2O3/c1-9(2)15-13(17)8-18-11-5-3-10(4-6-11)7-12(14)16/h3-6,9,13,15,17H,7-8H2,1-2H3,(H2,14,16)/i16+2. The first-order chi connectivity index (χ1) is 8.47. The first-order valence-corrected chi connectivity index (χ1v) is 5.91. The minimum absolute atomic E-state index is 0.174. The van der Waals surface area contributed by atoms with Crippen molar-refractivity contribution in [2.45, 2.75) is 32.5 Å². The van der Waals surface area contributed by atoms with Crippen molar-refractivity contribution < 1.29 is 14.6 Å². The summed E-state index contributed by atoms with van der Waals surface area (Å²) < 4.78 is 5.40. The van der Waals surface area contributed by atoms with Crippen molar-refractivity contribution in [1.82, 2.24) is 5.32 Å². The quantitative estimate of drug-likeness (QED) is 0.486. The van der Waals surface area contributed by atoms with Gasteiger partial charge in [0.05, 0.1) is 6.42 Å². The molecule has 0 saturated heterocycles. The number of primary amides is 1. The molecule has 5 nitrogen and oxygen atoms in total. The molecule has 1 unspecified atom stereocenters. The van der Waals surface area contributed by atoms with Gasteiger partial charge < -0.3 is 15.6 Å². The fraction of sp³-hybridized carbons (Fsp3) is 0.462. The van der Waals surface area contributed by atoms with Crippen molar-refractivity contribution in [3.8, 4) is 5.75 Å². The smallest absolute Gasteiger partial charge is 0.221 e. The van der Waals surface area contributed by atoms with Crippen molar-refractivity contribution in [2.24, 2.45) is 5.73 Å². The highest BCUT2D eigenvalue weighted by Gasteiger charge is 2.06. The fourth-order valence-electron chi connectivity index (χ4n) is 1.51. The topological polar surface area (TPSA) is 84.6 Å². The van der Waals surface area contributed by atoms with Crippen molar-refractivity contribution >= 4 is 5.91 Å². The predicted octanol–water partition coefficient (Wildman–Crippen LogP) is 0.410. The highest BCUT2D eigenvalue weighted by molar-refractivity contribution is 5.76. The molecule has 0 spiro atoms. The molecule has 1 aromatic rings. The molecular weight excluding hydrogens is 234 g/mol. The number of nitrogens with one attached hydrogen (secondary N) is 1. The number of rotatable bonds is 7. The van der Waals surface area contributed by atoms with Crippen LogP contribution < -0.4 is 15.8 Å². The lowest BCUT2D eigenvalue weighted by Gasteiger charge is -2.16. The Labute approximate surface area is 107 Å². The molecule has 0 radical (unpaired) electrons. The zero-order valence-electron chi connectivity index (χ0n) is 10.7. The van der Waals surface area contributed by atoms with Gasteiger partial charge in [-0.15, -0.1) is 0 Å². The van der Waals surface area contributed by atoms with Gasteiger partial charge in [0.15, 0.2) is 0 Å². The highest BCUT2D eigenvalue weighted by Crippen LogP contribution is 2.12. The molecule has 0 saturated carbocycles. The number of benzene rings is 1. The Bertz CT molecular complexity index is 376. The molecule has 1 rings (SSSR count). The van der Waals surface area contributed by atoms with Crippen LogP contribution in [0.3, 0.4) is 0 Å². The molecular formula is C13H20N2O3. The van der Waals surface area contributed by atoms with Crippen molar-refractivity contribution in [2.75, 3.05) is 6.61 Å². The van der Waals surface area contributed by atoms with Gasteiger partial charge in [0, 0.05) is 6.04 Å². The minimum Gasteiger partial charge on any atom is -0.489 e. The summed E-state index contributed by atoms with van der Waals surface area (Å²) in [5, 5.41) is 12.5. The van der Waals surface area contributed by atoms with Gasteiger partial charge in [-0.3, -0.25) is 10.1 Å². The van der Waals surface area contributed by atoms with E-state index in [-0.39, 0.29) is 25.0 Å². The molecule has 4 N–H and O–H groups in total. The number of carbonyl (C=O) groups is 1. The average molecular weight is 254 g/mol. The van der Waals surface area contributed by atoms with E-state index < -0.39 is 6.23 Å². The number of aliphatic hydroxyl groups excluding tert-OH is 1. The van der Waals surface area contributed by atoms with Gasteiger partial charge in [-0.25, -0.2) is 0 Å². The summed E-state index contributed by atoms with van der Waals surface area (Å²) in [5.74, 6) is 0.285. The second kappa shape index (κ2) is 6.98. The molecule has 0 heterocycles. The molecule has 1 atom stereocenters. The zero-order chi connectivity index (χ0) is 13.5. The summed E-state index contributed by atoms with van der Waals surface area (Å²) in [4.78, 5) is 10.7. The van der Waals surface area contributed by atoms with E-state index in [0.717, 1.165) is 5.56 Å². The maximum absolute atomic E-state index is 10.7. The fourth-order valence-corrected chi connectivity index (χ4v) is 1.51. The Hall–Kier alpha value is -1.59. The molecule has 0 bridgehead atoms. The molecule has 100 valence electrons. The average Bonchev–Trinajstić information content (AvgIpc) is 2.26. The monoisotopic (exact) mass is 254 g/mol. The third kappa shape index (κ3) is 5.65. The SMILES string of the molecule is CC(C)NC(O)COc1ccc(CC(N)=[18O])cc1. The van der Waals surface area contributed by atoms with Crippen LogP contribution in [0, 0.1) is 0 Å². The number of ether oxygens (including phenoxy) is 1. The van der Waals surface area contributed by atoms with Gasteiger partial charge in [-0.05, 0) is 31.5 Å². The van der Waals surface area contributed by atoms with Gasteiger partial charge >= 0.3 is 0 Å². The Morgan fingerprint density at radius 1 is 1.39 bits per heavy atom. The first-order valence-electron chi connectivity index (χ1n) is 5.91. The van der Waals surface area contributed by atoms with Crippen LogP contribution in [-0.4, -0.2) is 29.9 Å². The number of amides is 1. The summed E-state index contributed by atoms with van der Waals surface area (Å²) >= 11 is 0. The second-order valence-corrected chi connectivity index (χ2v) is 4.44. The second-order valence-electron chi connectivity index (χ2n) is 4.44. The molecule has 1 aromatic carbocycles. The summed E-state index contributed by atoms with van der Waals surface area (Å²) in [6.07, 6.45) is -0.479. The van der Waals surface area contributed by atoms with Crippen LogP contribution in [-0.2, 0) is 11.2 Å². The third-order valence-electron chi connectivity index (χ3n) is 2.24. The lowest BCUT2D eigenvalue weighted by atomic mass is 10.1. The predicted molar refractivity (Wildman–Crippen MR) is 69.1 cm³/mol. The van der Waals surface area contributed by atoms with E-state index in [2.05, 4.69) is 5.32 Å². The molecule has 0 aliphatic rings. The molecule has 0 aliphatic heterocycles. The Morgan fingerprint density at radius 2 is 2.00 bits per heavy atom. The summed E-state index contributed by atoms with van der Waals surface area (Å²) in [6, 6.07) is 7.26. The normalized spacial score (nSPS) is 12.4. The maximum Gasteiger partial charge on any atom is 0.221 e. The lowest BCUT2D eigenvalue weighted by molar-refractivity contribution is -0.117. The van der Waals surface area contributed by atoms with E-state index in [4.69, 9.17) is 10.5 Å². The summed E-state index contributed by atoms with van der Waals surface area (Å²) in [5.41, 5.74) is 5.94. The van der Waals surface area contributed by atoms with Gasteiger partial charge in [0.1, 0.15) is 18.6 Å². The number of hydrogen-bond acceptors (Lipinski definition) is 4. The summed E-state index contributed by atoms with van der Waals surface area (Å²) in [6.45, 7) is 4.07.